The number of rotatable bonds is 8. The third-order valence-electron chi connectivity index (χ3n) is 3.91. The van der Waals surface area contributed by atoms with Crippen molar-refractivity contribution in [1.29, 1.82) is 0 Å². The SMILES string of the molecule is [2H]C(Cl)(Cl)C(=O)N(Cl)[C@@H]1[C@@H](OC(C)=O)[C@H](OC(C)=O)[C@@H](COC(C)=O)OC1(O)CC=C. The average molecular weight is 492 g/mol. The molecule has 10 nitrogen and oxygen atoms in total. The Bertz CT molecular complexity index is 732. The topological polar surface area (TPSA) is 129 Å². The Morgan fingerprint density at radius 3 is 2.17 bits per heavy atom. The van der Waals surface area contributed by atoms with Crippen molar-refractivity contribution in [1.82, 2.24) is 4.42 Å². The number of carbonyl (C=O) groups excluding carboxylic acids is 4. The molecule has 13 heteroatoms. The summed E-state index contributed by atoms with van der Waals surface area (Å²) in [5, 5.41) is 11.2. The van der Waals surface area contributed by atoms with E-state index in [1.807, 2.05) is 0 Å². The van der Waals surface area contributed by atoms with E-state index in [2.05, 4.69) is 6.58 Å². The quantitative estimate of drug-likeness (QED) is 0.175. The van der Waals surface area contributed by atoms with Gasteiger partial charge in [0.2, 0.25) is 0 Å². The fraction of sp³-hybridized carbons (Fsp3) is 0.647. The first-order valence-corrected chi connectivity index (χ1v) is 9.59. The summed E-state index contributed by atoms with van der Waals surface area (Å²) < 4.78 is 28.7. The second-order valence-corrected chi connectivity index (χ2v) is 7.58. The Morgan fingerprint density at radius 2 is 1.73 bits per heavy atom. The second kappa shape index (κ2) is 11.1. The lowest BCUT2D eigenvalue weighted by Gasteiger charge is -2.51. The van der Waals surface area contributed by atoms with Crippen LogP contribution in [0.25, 0.3) is 0 Å². The van der Waals surface area contributed by atoms with E-state index in [9.17, 15) is 24.3 Å². The lowest BCUT2D eigenvalue weighted by atomic mass is 9.87. The highest BCUT2D eigenvalue weighted by Gasteiger charge is 2.60. The molecule has 0 spiro atoms. The number of halogens is 3. The van der Waals surface area contributed by atoms with E-state index in [0.717, 1.165) is 20.8 Å². The van der Waals surface area contributed by atoms with Gasteiger partial charge >= 0.3 is 17.9 Å². The van der Waals surface area contributed by atoms with Crippen molar-refractivity contribution < 1.29 is 44.6 Å². The number of alkyl halides is 2. The molecule has 0 aromatic rings. The van der Waals surface area contributed by atoms with E-state index in [0.29, 0.717) is 0 Å². The lowest BCUT2D eigenvalue weighted by molar-refractivity contribution is -0.328. The normalized spacial score (nSPS) is 29.2. The molecule has 0 saturated carbocycles. The van der Waals surface area contributed by atoms with Gasteiger partial charge in [0, 0.05) is 39.0 Å². The van der Waals surface area contributed by atoms with Crippen molar-refractivity contribution in [2.24, 2.45) is 0 Å². The first-order chi connectivity index (χ1) is 14.1. The second-order valence-electron chi connectivity index (χ2n) is 6.27. The molecule has 1 N–H and O–H groups in total. The molecule has 1 saturated heterocycles. The van der Waals surface area contributed by atoms with Crippen LogP contribution in [0.15, 0.2) is 12.7 Å². The highest BCUT2D eigenvalue weighted by atomic mass is 35.5. The van der Waals surface area contributed by atoms with Crippen molar-refractivity contribution in [2.45, 2.75) is 62.1 Å². The van der Waals surface area contributed by atoms with Crippen molar-refractivity contribution in [2.75, 3.05) is 6.61 Å². The van der Waals surface area contributed by atoms with Crippen LogP contribution in [0.5, 0.6) is 0 Å². The van der Waals surface area contributed by atoms with Crippen molar-refractivity contribution in [3.05, 3.63) is 12.7 Å². The van der Waals surface area contributed by atoms with Gasteiger partial charge in [-0.2, -0.15) is 0 Å². The van der Waals surface area contributed by atoms with Crippen molar-refractivity contribution in [3.63, 3.8) is 0 Å². The average Bonchev–Trinajstić information content (AvgIpc) is 2.60. The number of aliphatic hydroxyl groups is 1. The number of ether oxygens (including phenoxy) is 4. The number of carbonyl (C=O) groups is 4. The van der Waals surface area contributed by atoms with Crippen LogP contribution in [0.3, 0.4) is 0 Å². The van der Waals surface area contributed by atoms with E-state index in [4.69, 9.17) is 55.3 Å². The number of esters is 3. The molecule has 1 rings (SSSR count). The molecule has 1 fully saturated rings. The predicted molar refractivity (Wildman–Crippen MR) is 104 cm³/mol. The Kier molecular flexibility index (Phi) is 9.17. The Morgan fingerprint density at radius 1 is 1.20 bits per heavy atom. The maximum atomic E-state index is 12.4. The first kappa shape index (κ1) is 24.7. The zero-order valence-electron chi connectivity index (χ0n) is 17.3. The molecule has 0 radical (unpaired) electrons. The maximum Gasteiger partial charge on any atom is 0.303 e. The van der Waals surface area contributed by atoms with Crippen LogP contribution in [0.2, 0.25) is 0 Å². The van der Waals surface area contributed by atoms with E-state index in [1.54, 1.807) is 0 Å². The molecular weight excluding hydrogens is 469 g/mol. The van der Waals surface area contributed by atoms with Crippen LogP contribution in [0, 0.1) is 0 Å². The zero-order chi connectivity index (χ0) is 24.1. The lowest BCUT2D eigenvalue weighted by Crippen LogP contribution is -2.71. The van der Waals surface area contributed by atoms with Crippen LogP contribution in [-0.4, -0.2) is 74.9 Å². The molecule has 1 aliphatic rings. The largest absolute Gasteiger partial charge is 0.463 e. The summed E-state index contributed by atoms with van der Waals surface area (Å²) in [6.45, 7) is 6.15. The summed E-state index contributed by atoms with van der Waals surface area (Å²) in [5.74, 6) is -6.26. The molecule has 30 heavy (non-hydrogen) atoms. The maximum absolute atomic E-state index is 12.4. The molecule has 1 unspecified atom stereocenters. The van der Waals surface area contributed by atoms with Gasteiger partial charge in [0.25, 0.3) is 5.91 Å². The van der Waals surface area contributed by atoms with Gasteiger partial charge in [-0.25, -0.2) is 4.42 Å². The van der Waals surface area contributed by atoms with E-state index >= 15 is 0 Å². The van der Waals surface area contributed by atoms with Crippen molar-refractivity contribution >= 4 is 58.8 Å². The molecule has 1 amide bonds. The van der Waals surface area contributed by atoms with Crippen LogP contribution >= 0.6 is 35.0 Å². The highest BCUT2D eigenvalue weighted by Crippen LogP contribution is 2.39. The fourth-order valence-electron chi connectivity index (χ4n) is 2.92. The minimum absolute atomic E-state index is 0.239. The standard InChI is InChI=1S/C17H22Cl3NO9/c1-5-6-17(26)14(21(20)16(25)15(18)19)13(29-10(4)24)12(28-9(3)23)11(30-17)7-27-8(2)22/h5,11-15,26H,1,6-7H2,2-4H3/t11-,12-,13+,14-,17?/m1/s1/i15D. The minimum Gasteiger partial charge on any atom is -0.463 e. The summed E-state index contributed by atoms with van der Waals surface area (Å²) in [4.78, 5) is 44.4. The Balaban J connectivity index is 3.60. The van der Waals surface area contributed by atoms with E-state index in [-0.39, 0.29) is 10.8 Å². The molecule has 0 bridgehead atoms. The Labute approximate surface area is 189 Å². The monoisotopic (exact) mass is 490 g/mol. The van der Waals surface area contributed by atoms with Gasteiger partial charge in [0.05, 0.1) is 1.37 Å². The van der Waals surface area contributed by atoms with Gasteiger partial charge in [-0.15, -0.1) is 6.58 Å². The van der Waals surface area contributed by atoms with Gasteiger partial charge in [-0.3, -0.25) is 19.2 Å². The molecule has 170 valence electrons. The van der Waals surface area contributed by atoms with E-state index < -0.39 is 65.4 Å². The van der Waals surface area contributed by atoms with Crippen LogP contribution in [-0.2, 0) is 38.1 Å². The van der Waals surface area contributed by atoms with Crippen LogP contribution in [0.4, 0.5) is 0 Å². The molecule has 0 aromatic heterocycles. The van der Waals surface area contributed by atoms with Crippen LogP contribution in [0.1, 0.15) is 28.6 Å². The summed E-state index contributed by atoms with van der Waals surface area (Å²) in [7, 11) is 0. The third-order valence-corrected chi connectivity index (χ3v) is 4.60. The number of nitrogens with zero attached hydrogens (tertiary/aromatic N) is 1. The molecular formula is C17H22Cl3NO9. The Hall–Kier alpha value is -1.59. The van der Waals surface area contributed by atoms with Gasteiger partial charge in [-0.1, -0.05) is 29.3 Å². The zero-order valence-corrected chi connectivity index (χ0v) is 18.6. The molecule has 5 atom stereocenters. The van der Waals surface area contributed by atoms with E-state index in [1.165, 1.54) is 6.08 Å². The molecule has 1 aliphatic heterocycles. The number of hydrogen-bond donors (Lipinski definition) is 1. The fourth-order valence-corrected chi connectivity index (χ4v) is 3.54. The van der Waals surface area contributed by atoms with Gasteiger partial charge < -0.3 is 24.1 Å². The predicted octanol–water partition coefficient (Wildman–Crippen LogP) is 1.23. The summed E-state index contributed by atoms with van der Waals surface area (Å²) in [5.41, 5.74) is 0. The third kappa shape index (κ3) is 6.71. The summed E-state index contributed by atoms with van der Waals surface area (Å²) >= 11 is 17.1. The molecule has 0 aliphatic carbocycles. The van der Waals surface area contributed by atoms with Crippen molar-refractivity contribution in [3.8, 4) is 0 Å². The first-order valence-electron chi connectivity index (χ1n) is 9.00. The van der Waals surface area contributed by atoms with Gasteiger partial charge in [0.1, 0.15) is 18.8 Å². The number of hydrogen-bond acceptors (Lipinski definition) is 9. The van der Waals surface area contributed by atoms with Gasteiger partial charge in [0.15, 0.2) is 22.8 Å². The summed E-state index contributed by atoms with van der Waals surface area (Å²) in [6.07, 6.45) is -3.65. The molecule has 1 heterocycles. The van der Waals surface area contributed by atoms with Crippen LogP contribution < -0.4 is 0 Å². The smallest absolute Gasteiger partial charge is 0.303 e. The van der Waals surface area contributed by atoms with Gasteiger partial charge in [-0.05, 0) is 0 Å². The highest BCUT2D eigenvalue weighted by molar-refractivity contribution is 6.54. The molecule has 0 aromatic carbocycles. The number of amides is 1. The summed E-state index contributed by atoms with van der Waals surface area (Å²) in [6, 6.07) is -1.77. The minimum atomic E-state index is -2.77.